The van der Waals surface area contributed by atoms with Crippen molar-refractivity contribution in [2.45, 2.75) is 57.6 Å². The van der Waals surface area contributed by atoms with Crippen LogP contribution in [0.15, 0.2) is 0 Å². The molecule has 2 fully saturated rings. The van der Waals surface area contributed by atoms with E-state index in [2.05, 4.69) is 25.6 Å². The molecule has 0 aromatic rings. The second kappa shape index (κ2) is 4.92. The van der Waals surface area contributed by atoms with E-state index in [0.717, 1.165) is 23.0 Å². The minimum Gasteiger partial charge on any atom is -0.158 e. The van der Waals surface area contributed by atoms with Crippen LogP contribution < -0.4 is 0 Å². The van der Waals surface area contributed by atoms with Crippen molar-refractivity contribution in [3.05, 3.63) is 0 Å². The normalized spacial score (nSPS) is 39.4. The lowest BCUT2D eigenvalue weighted by Crippen LogP contribution is -2.28. The average molecular weight is 212 g/mol. The molecule has 2 unspecified atom stereocenters. The van der Waals surface area contributed by atoms with Crippen LogP contribution in [0.5, 0.6) is 0 Å². The Morgan fingerprint density at radius 2 is 1.50 bits per heavy atom. The highest BCUT2D eigenvalue weighted by molar-refractivity contribution is 7.99. The predicted octanol–water partition coefficient (Wildman–Crippen LogP) is 4.34. The third kappa shape index (κ3) is 2.48. The highest BCUT2D eigenvalue weighted by Gasteiger charge is 2.29. The molecule has 0 radical (unpaired) electrons. The maximum atomic E-state index is 2.47. The van der Waals surface area contributed by atoms with Gasteiger partial charge in [0.05, 0.1) is 0 Å². The molecule has 0 saturated heterocycles. The average Bonchev–Trinajstić information content (AvgIpc) is 2.07. The van der Waals surface area contributed by atoms with Gasteiger partial charge in [-0.1, -0.05) is 39.5 Å². The Bertz CT molecular complexity index is 164. The first kappa shape index (κ1) is 10.9. The van der Waals surface area contributed by atoms with Gasteiger partial charge in [-0.3, -0.25) is 0 Å². The molecule has 0 nitrogen and oxygen atoms in total. The van der Waals surface area contributed by atoms with Crippen molar-refractivity contribution in [1.29, 1.82) is 0 Å². The molecule has 0 aromatic carbocycles. The summed E-state index contributed by atoms with van der Waals surface area (Å²) in [6, 6.07) is 0. The number of hydrogen-bond acceptors (Lipinski definition) is 1. The summed E-state index contributed by atoms with van der Waals surface area (Å²) in [5, 5.41) is 1.04. The monoisotopic (exact) mass is 212 g/mol. The second-order valence-electron chi connectivity index (χ2n) is 5.44. The molecule has 14 heavy (non-hydrogen) atoms. The molecule has 2 aliphatic carbocycles. The first-order chi connectivity index (χ1) is 6.77. The van der Waals surface area contributed by atoms with Crippen LogP contribution in [0, 0.1) is 17.8 Å². The van der Waals surface area contributed by atoms with Crippen molar-refractivity contribution in [3.8, 4) is 0 Å². The molecule has 0 aliphatic heterocycles. The molecule has 0 heterocycles. The molecule has 2 atom stereocenters. The van der Waals surface area contributed by atoms with Crippen LogP contribution in [0.1, 0.15) is 52.4 Å². The molecule has 2 aliphatic rings. The molecular weight excluding hydrogens is 188 g/mol. The standard InChI is InChI=1S/C13H24S/c1-10-5-3-6-11(2)13(10)9-14-12-7-4-8-12/h10-13H,3-9H2,1-2H3. The Balaban J connectivity index is 1.75. The van der Waals surface area contributed by atoms with Crippen LogP contribution in [0.25, 0.3) is 0 Å². The quantitative estimate of drug-likeness (QED) is 0.670. The highest BCUT2D eigenvalue weighted by atomic mass is 32.2. The Morgan fingerprint density at radius 3 is 2.00 bits per heavy atom. The maximum absolute atomic E-state index is 2.47. The van der Waals surface area contributed by atoms with Gasteiger partial charge in [0.2, 0.25) is 0 Å². The molecule has 2 rings (SSSR count). The zero-order chi connectivity index (χ0) is 9.97. The summed E-state index contributed by atoms with van der Waals surface area (Å²) in [7, 11) is 0. The topological polar surface area (TPSA) is 0 Å². The van der Waals surface area contributed by atoms with Crippen LogP contribution in [0.4, 0.5) is 0 Å². The van der Waals surface area contributed by atoms with Gasteiger partial charge in [0.25, 0.3) is 0 Å². The molecule has 0 aromatic heterocycles. The molecule has 2 saturated carbocycles. The Kier molecular flexibility index (Phi) is 3.81. The van der Waals surface area contributed by atoms with E-state index in [4.69, 9.17) is 0 Å². The van der Waals surface area contributed by atoms with E-state index in [1.807, 2.05) is 0 Å². The summed E-state index contributed by atoms with van der Waals surface area (Å²) in [4.78, 5) is 0. The van der Waals surface area contributed by atoms with Crippen molar-refractivity contribution < 1.29 is 0 Å². The maximum Gasteiger partial charge on any atom is 0.00471 e. The molecule has 0 spiro atoms. The predicted molar refractivity (Wildman–Crippen MR) is 65.8 cm³/mol. The van der Waals surface area contributed by atoms with E-state index in [-0.39, 0.29) is 0 Å². The number of hydrogen-bond donors (Lipinski definition) is 0. The van der Waals surface area contributed by atoms with Crippen LogP contribution in [0.3, 0.4) is 0 Å². The zero-order valence-electron chi connectivity index (χ0n) is 9.67. The molecule has 0 N–H and O–H groups in total. The van der Waals surface area contributed by atoms with Crippen molar-refractivity contribution in [2.24, 2.45) is 17.8 Å². The highest BCUT2D eigenvalue weighted by Crippen LogP contribution is 2.40. The van der Waals surface area contributed by atoms with Crippen LogP contribution in [-0.4, -0.2) is 11.0 Å². The number of rotatable bonds is 3. The smallest absolute Gasteiger partial charge is 0.00471 e. The minimum atomic E-state index is 0.992. The Labute approximate surface area is 93.2 Å². The summed E-state index contributed by atoms with van der Waals surface area (Å²) < 4.78 is 0. The zero-order valence-corrected chi connectivity index (χ0v) is 10.5. The van der Waals surface area contributed by atoms with Gasteiger partial charge in [-0.2, -0.15) is 11.8 Å². The van der Waals surface area contributed by atoms with Crippen molar-refractivity contribution >= 4 is 11.8 Å². The second-order valence-corrected chi connectivity index (χ2v) is 6.77. The molecule has 0 amide bonds. The van der Waals surface area contributed by atoms with E-state index in [1.54, 1.807) is 0 Å². The van der Waals surface area contributed by atoms with Gasteiger partial charge in [-0.05, 0) is 36.3 Å². The van der Waals surface area contributed by atoms with Gasteiger partial charge < -0.3 is 0 Å². The summed E-state index contributed by atoms with van der Waals surface area (Å²) >= 11 is 2.28. The third-order valence-electron chi connectivity index (χ3n) is 4.36. The van der Waals surface area contributed by atoms with Gasteiger partial charge >= 0.3 is 0 Å². The van der Waals surface area contributed by atoms with Crippen LogP contribution >= 0.6 is 11.8 Å². The van der Waals surface area contributed by atoms with Crippen molar-refractivity contribution in [1.82, 2.24) is 0 Å². The lowest BCUT2D eigenvalue weighted by molar-refractivity contribution is 0.202. The molecular formula is C13H24S. The van der Waals surface area contributed by atoms with Crippen molar-refractivity contribution in [2.75, 3.05) is 5.75 Å². The molecule has 1 heteroatoms. The lowest BCUT2D eigenvalue weighted by Gasteiger charge is -2.36. The van der Waals surface area contributed by atoms with Gasteiger partial charge in [-0.25, -0.2) is 0 Å². The lowest BCUT2D eigenvalue weighted by atomic mass is 9.75. The van der Waals surface area contributed by atoms with Crippen molar-refractivity contribution in [3.63, 3.8) is 0 Å². The fourth-order valence-electron chi connectivity index (χ4n) is 2.86. The van der Waals surface area contributed by atoms with E-state index >= 15 is 0 Å². The summed E-state index contributed by atoms with van der Waals surface area (Å²) in [5.41, 5.74) is 0. The van der Waals surface area contributed by atoms with Gasteiger partial charge in [-0.15, -0.1) is 0 Å². The molecule has 0 bridgehead atoms. The summed E-state index contributed by atoms with van der Waals surface area (Å²) in [6.45, 7) is 4.95. The van der Waals surface area contributed by atoms with E-state index in [0.29, 0.717) is 0 Å². The van der Waals surface area contributed by atoms with Gasteiger partial charge in [0.15, 0.2) is 0 Å². The summed E-state index contributed by atoms with van der Waals surface area (Å²) in [6.07, 6.45) is 8.95. The largest absolute Gasteiger partial charge is 0.158 e. The SMILES string of the molecule is CC1CCCC(C)C1CSC1CCC1. The molecule has 82 valence electrons. The Hall–Kier alpha value is 0.350. The van der Waals surface area contributed by atoms with Gasteiger partial charge in [0.1, 0.15) is 0 Å². The first-order valence-electron chi connectivity index (χ1n) is 6.39. The first-order valence-corrected chi connectivity index (χ1v) is 7.44. The van der Waals surface area contributed by atoms with E-state index in [9.17, 15) is 0 Å². The number of thioether (sulfide) groups is 1. The fraction of sp³-hybridized carbons (Fsp3) is 1.00. The Morgan fingerprint density at radius 1 is 0.929 bits per heavy atom. The summed E-state index contributed by atoms with van der Waals surface area (Å²) in [5.74, 6) is 4.46. The van der Waals surface area contributed by atoms with E-state index in [1.165, 1.54) is 44.3 Å². The van der Waals surface area contributed by atoms with Crippen LogP contribution in [0.2, 0.25) is 0 Å². The van der Waals surface area contributed by atoms with Crippen LogP contribution in [-0.2, 0) is 0 Å². The fourth-order valence-corrected chi connectivity index (χ4v) is 4.68. The third-order valence-corrected chi connectivity index (χ3v) is 5.88. The minimum absolute atomic E-state index is 0.992. The van der Waals surface area contributed by atoms with E-state index < -0.39 is 0 Å². The van der Waals surface area contributed by atoms with Gasteiger partial charge in [0, 0.05) is 5.25 Å².